The topological polar surface area (TPSA) is 27.7 Å². The van der Waals surface area contributed by atoms with Crippen LogP contribution in [0.4, 0.5) is 30.7 Å². The van der Waals surface area contributed by atoms with Gasteiger partial charge in [0.2, 0.25) is 0 Å². The maximum absolute atomic E-state index is 15.1. The van der Waals surface area contributed by atoms with Crippen molar-refractivity contribution in [1.82, 2.24) is 0 Å². The summed E-state index contributed by atoms with van der Waals surface area (Å²) in [5.74, 6) is -5.53. The van der Waals surface area contributed by atoms with Gasteiger partial charge >= 0.3 is 6.11 Å². The van der Waals surface area contributed by atoms with Gasteiger partial charge in [0.1, 0.15) is 40.4 Å². The lowest BCUT2D eigenvalue weighted by atomic mass is 9.74. The molecule has 0 amide bonds. The van der Waals surface area contributed by atoms with Crippen LogP contribution >= 0.6 is 0 Å². The predicted octanol–water partition coefficient (Wildman–Crippen LogP) is 11.3. The van der Waals surface area contributed by atoms with E-state index in [9.17, 15) is 13.2 Å². The Morgan fingerprint density at radius 3 is 2.04 bits per heavy atom. The minimum Gasteiger partial charge on any atom is -0.429 e. The van der Waals surface area contributed by atoms with E-state index >= 15 is 17.6 Å². The van der Waals surface area contributed by atoms with Gasteiger partial charge in [0.05, 0.1) is 13.2 Å². The first-order chi connectivity index (χ1) is 23.0. The standard InChI is InChI=1S/C38H41F7O3/c1-3-5-7-8-23-10-12-24(13-11-23)27-21-46-37(47-22-27)26-18-34(42)36(35(43)19-26)38(44,45)48-28-14-15-29(33(41)20-28)25-16-31(39)30(9-6-4-2)32(40)17-25/h4,14-20,23-24,27,37H,2-3,5-13,21-22H2,1H3. The molecule has 3 aromatic carbocycles. The monoisotopic (exact) mass is 678 g/mol. The lowest BCUT2D eigenvalue weighted by Gasteiger charge is -2.38. The fourth-order valence-electron chi connectivity index (χ4n) is 6.86. The van der Waals surface area contributed by atoms with Crippen LogP contribution in [0.25, 0.3) is 11.1 Å². The molecule has 1 saturated heterocycles. The SMILES string of the molecule is C=CCCc1c(F)cc(-c2ccc(OC(F)(F)c3c(F)cc(C4OCC(C5CCC(CCCCC)CC5)CO4)cc3F)cc2F)cc1F. The molecular weight excluding hydrogens is 637 g/mol. The summed E-state index contributed by atoms with van der Waals surface area (Å²) in [4.78, 5) is 0. The molecule has 48 heavy (non-hydrogen) atoms. The van der Waals surface area contributed by atoms with Gasteiger partial charge in [-0.3, -0.25) is 0 Å². The third-order valence-corrected chi connectivity index (χ3v) is 9.56. The van der Waals surface area contributed by atoms with Crippen molar-refractivity contribution in [2.75, 3.05) is 13.2 Å². The van der Waals surface area contributed by atoms with Crippen LogP contribution < -0.4 is 4.74 Å². The average Bonchev–Trinajstić information content (AvgIpc) is 3.04. The Morgan fingerprint density at radius 1 is 0.812 bits per heavy atom. The van der Waals surface area contributed by atoms with Crippen LogP contribution in [-0.2, 0) is 22.0 Å². The average molecular weight is 679 g/mol. The molecule has 0 unspecified atom stereocenters. The summed E-state index contributed by atoms with van der Waals surface area (Å²) in [6.07, 6.45) is 5.72. The van der Waals surface area contributed by atoms with Gasteiger partial charge in [-0.2, -0.15) is 8.78 Å². The summed E-state index contributed by atoms with van der Waals surface area (Å²) in [7, 11) is 0. The minimum absolute atomic E-state index is 0.0567. The van der Waals surface area contributed by atoms with E-state index in [-0.39, 0.29) is 34.6 Å². The third kappa shape index (κ3) is 8.43. The molecule has 1 aliphatic carbocycles. The van der Waals surface area contributed by atoms with Crippen molar-refractivity contribution in [2.24, 2.45) is 17.8 Å². The van der Waals surface area contributed by atoms with Crippen molar-refractivity contribution < 1.29 is 44.9 Å². The molecule has 0 spiro atoms. The largest absolute Gasteiger partial charge is 0.432 e. The summed E-state index contributed by atoms with van der Waals surface area (Å²) in [6, 6.07) is 5.74. The first-order valence-corrected chi connectivity index (χ1v) is 16.7. The molecule has 2 fully saturated rings. The zero-order valence-electron chi connectivity index (χ0n) is 27.0. The van der Waals surface area contributed by atoms with E-state index in [1.165, 1.54) is 44.6 Å². The lowest BCUT2D eigenvalue weighted by Crippen LogP contribution is -2.34. The highest BCUT2D eigenvalue weighted by Crippen LogP contribution is 2.41. The summed E-state index contributed by atoms with van der Waals surface area (Å²) >= 11 is 0. The van der Waals surface area contributed by atoms with Crippen molar-refractivity contribution in [3.8, 4) is 16.9 Å². The maximum atomic E-state index is 15.1. The Hall–Kier alpha value is -3.37. The number of allylic oxidation sites excluding steroid dienone is 1. The summed E-state index contributed by atoms with van der Waals surface area (Å²) < 4.78 is 121. The van der Waals surface area contributed by atoms with Gasteiger partial charge in [-0.15, -0.1) is 6.58 Å². The van der Waals surface area contributed by atoms with Crippen LogP contribution in [0.3, 0.4) is 0 Å². The molecule has 0 bridgehead atoms. The molecule has 5 rings (SSSR count). The van der Waals surface area contributed by atoms with Crippen molar-refractivity contribution in [2.45, 2.75) is 83.5 Å². The second kappa shape index (κ2) is 15.9. The number of benzene rings is 3. The Morgan fingerprint density at radius 2 is 1.46 bits per heavy atom. The molecule has 0 radical (unpaired) electrons. The maximum Gasteiger partial charge on any atom is 0.432 e. The van der Waals surface area contributed by atoms with Gasteiger partial charge in [0.15, 0.2) is 6.29 Å². The number of halogens is 7. The second-order valence-electron chi connectivity index (χ2n) is 12.9. The highest BCUT2D eigenvalue weighted by molar-refractivity contribution is 5.65. The fourth-order valence-corrected chi connectivity index (χ4v) is 6.86. The molecule has 0 N–H and O–H groups in total. The molecule has 3 aromatic rings. The van der Waals surface area contributed by atoms with Crippen LogP contribution in [0.2, 0.25) is 0 Å². The van der Waals surface area contributed by atoms with E-state index in [0.29, 0.717) is 43.8 Å². The number of unbranched alkanes of at least 4 members (excludes halogenated alkanes) is 2. The number of hydrogen-bond donors (Lipinski definition) is 0. The number of rotatable bonds is 13. The second-order valence-corrected chi connectivity index (χ2v) is 12.9. The summed E-state index contributed by atoms with van der Waals surface area (Å²) in [6.45, 7) is 6.38. The first kappa shape index (κ1) is 35.9. The molecule has 1 aliphatic heterocycles. The number of hydrogen-bond acceptors (Lipinski definition) is 3. The Balaban J connectivity index is 1.21. The number of ether oxygens (including phenoxy) is 3. The predicted molar refractivity (Wildman–Crippen MR) is 169 cm³/mol. The van der Waals surface area contributed by atoms with Crippen LogP contribution in [0.15, 0.2) is 55.1 Å². The van der Waals surface area contributed by atoms with Crippen LogP contribution in [0.1, 0.15) is 87.7 Å². The van der Waals surface area contributed by atoms with E-state index in [4.69, 9.17) is 9.47 Å². The molecule has 0 aromatic heterocycles. The van der Waals surface area contributed by atoms with Gasteiger partial charge in [-0.1, -0.05) is 51.5 Å². The zero-order chi connectivity index (χ0) is 34.4. The van der Waals surface area contributed by atoms with Crippen molar-refractivity contribution in [3.05, 3.63) is 101 Å². The highest BCUT2D eigenvalue weighted by atomic mass is 19.3. The van der Waals surface area contributed by atoms with E-state index in [1.807, 2.05) is 0 Å². The van der Waals surface area contributed by atoms with Gasteiger partial charge in [-0.05, 0) is 79.5 Å². The zero-order valence-corrected chi connectivity index (χ0v) is 27.0. The van der Waals surface area contributed by atoms with Gasteiger partial charge in [-0.25, -0.2) is 22.0 Å². The highest BCUT2D eigenvalue weighted by Gasteiger charge is 2.42. The molecule has 3 nitrogen and oxygen atoms in total. The molecule has 260 valence electrons. The fraction of sp³-hybridized carbons (Fsp3) is 0.474. The molecule has 0 atom stereocenters. The molecule has 2 aliphatic rings. The smallest absolute Gasteiger partial charge is 0.429 e. The van der Waals surface area contributed by atoms with Crippen LogP contribution in [0.5, 0.6) is 5.75 Å². The van der Waals surface area contributed by atoms with Crippen molar-refractivity contribution in [3.63, 3.8) is 0 Å². The first-order valence-electron chi connectivity index (χ1n) is 16.7. The Bertz CT molecular complexity index is 1510. The molecular formula is C38H41F7O3. The van der Waals surface area contributed by atoms with E-state index in [2.05, 4.69) is 18.2 Å². The van der Waals surface area contributed by atoms with E-state index in [0.717, 1.165) is 43.0 Å². The van der Waals surface area contributed by atoms with Crippen LogP contribution in [-0.4, -0.2) is 13.2 Å². The molecule has 1 heterocycles. The van der Waals surface area contributed by atoms with E-state index in [1.54, 1.807) is 0 Å². The van der Waals surface area contributed by atoms with Gasteiger partial charge < -0.3 is 14.2 Å². The third-order valence-electron chi connectivity index (χ3n) is 9.56. The van der Waals surface area contributed by atoms with Gasteiger partial charge in [0.25, 0.3) is 0 Å². The van der Waals surface area contributed by atoms with Crippen LogP contribution in [0, 0.1) is 46.8 Å². The quantitative estimate of drug-likeness (QED) is 0.102. The van der Waals surface area contributed by atoms with E-state index < -0.39 is 52.8 Å². The summed E-state index contributed by atoms with van der Waals surface area (Å²) in [5, 5.41) is 0. The summed E-state index contributed by atoms with van der Waals surface area (Å²) in [5.41, 5.74) is -2.40. The molecule has 10 heteroatoms. The normalized spacial score (nSPS) is 21.7. The Labute approximate surface area is 277 Å². The van der Waals surface area contributed by atoms with Crippen molar-refractivity contribution in [1.29, 1.82) is 0 Å². The minimum atomic E-state index is -4.54. The van der Waals surface area contributed by atoms with Crippen molar-refractivity contribution >= 4 is 0 Å². The lowest BCUT2D eigenvalue weighted by molar-refractivity contribution is -0.215. The number of alkyl halides is 2. The molecule has 1 saturated carbocycles. The Kier molecular flexibility index (Phi) is 11.9. The van der Waals surface area contributed by atoms with Gasteiger partial charge in [0, 0.05) is 28.7 Å².